The zero-order valence-electron chi connectivity index (χ0n) is 7.13. The summed E-state index contributed by atoms with van der Waals surface area (Å²) in [4.78, 5) is 15.6. The number of thiazole rings is 1. The van der Waals surface area contributed by atoms with Gasteiger partial charge < -0.3 is 5.32 Å². The fraction of sp³-hybridized carbons (Fsp3) is 0.500. The molecule has 1 N–H and O–H groups in total. The smallest absolute Gasteiger partial charge is 0.232 e. The molecule has 13 heavy (non-hydrogen) atoms. The van der Waals surface area contributed by atoms with Crippen LogP contribution >= 0.6 is 33.9 Å². The quantitative estimate of drug-likeness (QED) is 0.853. The Morgan fingerprint density at radius 3 is 2.92 bits per heavy atom. The number of hydrogen-bond acceptors (Lipinski definition) is 3. The van der Waals surface area contributed by atoms with E-state index in [1.807, 2.05) is 6.92 Å². The molecular weight excluding hydrogens is 299 g/mol. The second-order valence-electron chi connectivity index (χ2n) is 3.48. The number of aromatic nitrogens is 1. The zero-order valence-corrected chi connectivity index (χ0v) is 10.1. The maximum atomic E-state index is 11.6. The molecule has 1 aromatic heterocycles. The van der Waals surface area contributed by atoms with Crippen LogP contribution in [-0.4, -0.2) is 10.9 Å². The molecule has 1 fully saturated rings. The first kappa shape index (κ1) is 9.39. The van der Waals surface area contributed by atoms with Gasteiger partial charge in [0.05, 0.1) is 9.08 Å². The molecule has 1 heterocycles. The Labute approximate surface area is 94.1 Å². The van der Waals surface area contributed by atoms with Crippen molar-refractivity contribution >= 4 is 45.0 Å². The van der Waals surface area contributed by atoms with Gasteiger partial charge in [-0.15, -0.1) is 0 Å². The third kappa shape index (κ3) is 2.01. The Bertz CT molecular complexity index is 346. The number of halogens is 1. The molecule has 0 bridgehead atoms. The lowest BCUT2D eigenvalue weighted by molar-refractivity contribution is -0.120. The van der Waals surface area contributed by atoms with E-state index in [1.54, 1.807) is 6.20 Å². The van der Waals surface area contributed by atoms with Crippen molar-refractivity contribution in [1.82, 2.24) is 4.98 Å². The van der Waals surface area contributed by atoms with Crippen LogP contribution in [0, 0.1) is 8.30 Å². The molecule has 1 aliphatic rings. The number of carbonyl (C=O) groups excluding carboxylic acids is 1. The average Bonchev–Trinajstić information content (AvgIpc) is 2.69. The predicted octanol–water partition coefficient (Wildman–Crippen LogP) is 2.49. The summed E-state index contributed by atoms with van der Waals surface area (Å²) in [6, 6.07) is 0. The molecule has 0 spiro atoms. The molecule has 5 heteroatoms. The topological polar surface area (TPSA) is 42.0 Å². The van der Waals surface area contributed by atoms with E-state index in [4.69, 9.17) is 0 Å². The van der Waals surface area contributed by atoms with E-state index < -0.39 is 0 Å². The molecule has 0 aliphatic heterocycles. The molecule has 0 aromatic carbocycles. The van der Waals surface area contributed by atoms with Crippen LogP contribution < -0.4 is 5.32 Å². The minimum atomic E-state index is -0.114. The molecule has 0 atom stereocenters. The van der Waals surface area contributed by atoms with Crippen LogP contribution in [0.3, 0.4) is 0 Å². The minimum absolute atomic E-state index is 0.109. The number of nitrogens with zero attached hydrogens (tertiary/aromatic N) is 1. The Balaban J connectivity index is 2.02. The molecular formula is C8H9IN2OS. The standard InChI is InChI=1S/C8H9IN2OS/c1-8(2-3-8)6(12)11-7-10-4-5(9)13-7/h4H,2-3H2,1H3,(H,10,11,12). The van der Waals surface area contributed by atoms with E-state index in [1.165, 1.54) is 11.3 Å². The SMILES string of the molecule is CC1(C(=O)Nc2ncc(I)s2)CC1. The maximum absolute atomic E-state index is 11.6. The summed E-state index contributed by atoms with van der Waals surface area (Å²) in [6.07, 6.45) is 3.76. The van der Waals surface area contributed by atoms with Gasteiger partial charge in [0.1, 0.15) is 0 Å². The summed E-state index contributed by atoms with van der Waals surface area (Å²) in [5.41, 5.74) is -0.114. The third-order valence-corrected chi connectivity index (χ3v) is 3.89. The maximum Gasteiger partial charge on any atom is 0.232 e. The molecule has 0 radical (unpaired) electrons. The van der Waals surface area contributed by atoms with E-state index in [0.29, 0.717) is 5.13 Å². The average molecular weight is 308 g/mol. The highest BCUT2D eigenvalue weighted by Crippen LogP contribution is 2.45. The molecule has 1 aliphatic carbocycles. The normalized spacial score (nSPS) is 18.3. The number of nitrogens with one attached hydrogen (secondary N) is 1. The highest BCUT2D eigenvalue weighted by molar-refractivity contribution is 14.1. The molecule has 2 rings (SSSR count). The van der Waals surface area contributed by atoms with Crippen molar-refractivity contribution in [2.45, 2.75) is 19.8 Å². The molecule has 70 valence electrons. The summed E-state index contributed by atoms with van der Waals surface area (Å²) >= 11 is 3.69. The van der Waals surface area contributed by atoms with Crippen LogP contribution in [0.15, 0.2) is 6.20 Å². The number of hydrogen-bond donors (Lipinski definition) is 1. The van der Waals surface area contributed by atoms with Crippen molar-refractivity contribution in [3.63, 3.8) is 0 Å². The Kier molecular flexibility index (Phi) is 2.31. The van der Waals surface area contributed by atoms with Crippen LogP contribution in [0.1, 0.15) is 19.8 Å². The molecule has 3 nitrogen and oxygen atoms in total. The van der Waals surface area contributed by atoms with Gasteiger partial charge in [-0.05, 0) is 35.4 Å². The third-order valence-electron chi connectivity index (χ3n) is 2.25. The molecule has 0 saturated heterocycles. The van der Waals surface area contributed by atoms with Gasteiger partial charge in [0.25, 0.3) is 0 Å². The second-order valence-corrected chi connectivity index (χ2v) is 6.41. The van der Waals surface area contributed by atoms with Gasteiger partial charge in [0.15, 0.2) is 5.13 Å². The lowest BCUT2D eigenvalue weighted by Gasteiger charge is -2.05. The highest BCUT2D eigenvalue weighted by Gasteiger charge is 2.45. The predicted molar refractivity (Wildman–Crippen MR) is 60.8 cm³/mol. The van der Waals surface area contributed by atoms with Crippen LogP contribution in [0.2, 0.25) is 0 Å². The number of amides is 1. The Hall–Kier alpha value is -0.170. The van der Waals surface area contributed by atoms with Crippen molar-refractivity contribution in [3.05, 3.63) is 9.08 Å². The molecule has 0 unspecified atom stereocenters. The van der Waals surface area contributed by atoms with Gasteiger partial charge >= 0.3 is 0 Å². The largest absolute Gasteiger partial charge is 0.301 e. The summed E-state index contributed by atoms with van der Waals surface area (Å²) in [5.74, 6) is 0.109. The van der Waals surface area contributed by atoms with Gasteiger partial charge in [-0.2, -0.15) is 0 Å². The summed E-state index contributed by atoms with van der Waals surface area (Å²) in [5, 5.41) is 3.54. The van der Waals surface area contributed by atoms with Gasteiger partial charge in [-0.1, -0.05) is 18.3 Å². The van der Waals surface area contributed by atoms with Crippen LogP contribution in [-0.2, 0) is 4.79 Å². The van der Waals surface area contributed by atoms with E-state index in [0.717, 1.165) is 15.7 Å². The highest BCUT2D eigenvalue weighted by atomic mass is 127. The Morgan fingerprint density at radius 1 is 1.77 bits per heavy atom. The number of carbonyl (C=O) groups is 1. The van der Waals surface area contributed by atoms with Gasteiger partial charge in [-0.25, -0.2) is 4.98 Å². The lowest BCUT2D eigenvalue weighted by Crippen LogP contribution is -2.21. The monoisotopic (exact) mass is 308 g/mol. The number of anilines is 1. The van der Waals surface area contributed by atoms with Crippen molar-refractivity contribution in [2.75, 3.05) is 5.32 Å². The van der Waals surface area contributed by atoms with Gasteiger partial charge in [0, 0.05) is 5.41 Å². The van der Waals surface area contributed by atoms with E-state index in [-0.39, 0.29) is 11.3 Å². The van der Waals surface area contributed by atoms with E-state index in [9.17, 15) is 4.79 Å². The minimum Gasteiger partial charge on any atom is -0.301 e. The fourth-order valence-electron chi connectivity index (χ4n) is 0.975. The second kappa shape index (κ2) is 3.20. The fourth-order valence-corrected chi connectivity index (χ4v) is 2.28. The lowest BCUT2D eigenvalue weighted by atomic mass is 10.1. The first-order valence-electron chi connectivity index (χ1n) is 4.03. The van der Waals surface area contributed by atoms with Crippen LogP contribution in [0.4, 0.5) is 5.13 Å². The first-order valence-corrected chi connectivity index (χ1v) is 5.92. The Morgan fingerprint density at radius 2 is 2.46 bits per heavy atom. The van der Waals surface area contributed by atoms with Gasteiger partial charge in [-0.3, -0.25) is 4.79 Å². The first-order chi connectivity index (χ1) is 6.10. The number of rotatable bonds is 2. The summed E-state index contributed by atoms with van der Waals surface area (Å²) in [7, 11) is 0. The molecule has 1 saturated carbocycles. The van der Waals surface area contributed by atoms with Crippen molar-refractivity contribution in [1.29, 1.82) is 0 Å². The van der Waals surface area contributed by atoms with Crippen molar-refractivity contribution in [2.24, 2.45) is 5.41 Å². The van der Waals surface area contributed by atoms with Crippen LogP contribution in [0.25, 0.3) is 0 Å². The van der Waals surface area contributed by atoms with E-state index in [2.05, 4.69) is 32.9 Å². The molecule has 1 aromatic rings. The molecule has 1 amide bonds. The zero-order chi connectivity index (χ0) is 9.47. The summed E-state index contributed by atoms with van der Waals surface area (Å²) in [6.45, 7) is 1.99. The summed E-state index contributed by atoms with van der Waals surface area (Å²) < 4.78 is 1.09. The van der Waals surface area contributed by atoms with E-state index >= 15 is 0 Å². The van der Waals surface area contributed by atoms with Crippen molar-refractivity contribution < 1.29 is 4.79 Å². The van der Waals surface area contributed by atoms with Crippen LogP contribution in [0.5, 0.6) is 0 Å². The van der Waals surface area contributed by atoms with Crippen molar-refractivity contribution in [3.8, 4) is 0 Å². The van der Waals surface area contributed by atoms with Gasteiger partial charge in [0.2, 0.25) is 5.91 Å².